The van der Waals surface area contributed by atoms with Crippen LogP contribution in [0.25, 0.3) is 0 Å². The lowest BCUT2D eigenvalue weighted by Crippen LogP contribution is -2.32. The van der Waals surface area contributed by atoms with Crippen molar-refractivity contribution in [3.8, 4) is 0 Å². The van der Waals surface area contributed by atoms with Gasteiger partial charge in [0.15, 0.2) is 0 Å². The number of nitrogens with zero attached hydrogens (tertiary/aromatic N) is 5. The Labute approximate surface area is 135 Å². The lowest BCUT2D eigenvalue weighted by molar-refractivity contribution is 0.0726. The van der Waals surface area contributed by atoms with E-state index in [4.69, 9.17) is 0 Å². The molecule has 0 radical (unpaired) electrons. The number of carbonyl (C=O) groups excluding carboxylic acids is 1. The van der Waals surface area contributed by atoms with Gasteiger partial charge in [0, 0.05) is 25.9 Å². The van der Waals surface area contributed by atoms with Gasteiger partial charge in [0.2, 0.25) is 0 Å². The van der Waals surface area contributed by atoms with Crippen molar-refractivity contribution >= 4 is 11.7 Å². The average molecular weight is 312 g/mol. The van der Waals surface area contributed by atoms with Gasteiger partial charge in [-0.25, -0.2) is 15.0 Å². The summed E-state index contributed by atoms with van der Waals surface area (Å²) in [7, 11) is 1.82. The molecule has 120 valence electrons. The summed E-state index contributed by atoms with van der Waals surface area (Å²) in [6.07, 6.45) is 5.00. The van der Waals surface area contributed by atoms with Crippen molar-refractivity contribution in [2.75, 3.05) is 18.9 Å². The van der Waals surface area contributed by atoms with Gasteiger partial charge in [-0.15, -0.1) is 0 Å². The number of amides is 1. The first kappa shape index (κ1) is 15.3. The Morgan fingerprint density at radius 3 is 2.78 bits per heavy atom. The van der Waals surface area contributed by atoms with Crippen LogP contribution in [0.4, 0.5) is 5.82 Å². The van der Waals surface area contributed by atoms with E-state index in [-0.39, 0.29) is 11.9 Å². The maximum Gasteiger partial charge on any atom is 0.274 e. The molecule has 1 fully saturated rings. The van der Waals surface area contributed by atoms with Gasteiger partial charge in [-0.2, -0.15) is 0 Å². The quantitative estimate of drug-likeness (QED) is 0.932. The van der Waals surface area contributed by atoms with E-state index in [9.17, 15) is 4.79 Å². The minimum atomic E-state index is -0.0951. The van der Waals surface area contributed by atoms with Gasteiger partial charge in [-0.1, -0.05) is 0 Å². The Morgan fingerprint density at radius 1 is 1.26 bits per heavy atom. The van der Waals surface area contributed by atoms with Crippen molar-refractivity contribution in [2.24, 2.45) is 0 Å². The number of hydrogen-bond acceptors (Lipinski definition) is 6. The second kappa shape index (κ2) is 6.28. The van der Waals surface area contributed by atoms with Crippen LogP contribution in [0.3, 0.4) is 0 Å². The SMILES string of the molecule is CNc1cc([C@@H]2CCCN2C(=O)c2cnc(C)cn2)nc(C)n1. The Kier molecular flexibility index (Phi) is 4.18. The zero-order valence-electron chi connectivity index (χ0n) is 13.6. The summed E-state index contributed by atoms with van der Waals surface area (Å²) in [4.78, 5) is 31.8. The highest BCUT2D eigenvalue weighted by Crippen LogP contribution is 2.32. The molecule has 0 aliphatic carbocycles. The minimum Gasteiger partial charge on any atom is -0.373 e. The number of hydrogen-bond donors (Lipinski definition) is 1. The van der Waals surface area contributed by atoms with Crippen molar-refractivity contribution in [3.05, 3.63) is 41.4 Å². The van der Waals surface area contributed by atoms with Crippen LogP contribution in [0.2, 0.25) is 0 Å². The largest absolute Gasteiger partial charge is 0.373 e. The summed E-state index contributed by atoms with van der Waals surface area (Å²) in [6, 6.07) is 1.86. The standard InChI is InChI=1S/C16H20N6O/c1-10-8-19-13(9-18-10)16(23)22-6-4-5-14(22)12-7-15(17-3)21-11(2)20-12/h7-9,14H,4-6H2,1-3H3,(H,17,20,21)/t14-/m0/s1. The summed E-state index contributed by atoms with van der Waals surface area (Å²) in [5.41, 5.74) is 2.04. The van der Waals surface area contributed by atoms with Gasteiger partial charge < -0.3 is 10.2 Å². The topological polar surface area (TPSA) is 83.9 Å². The highest BCUT2D eigenvalue weighted by molar-refractivity contribution is 5.92. The lowest BCUT2D eigenvalue weighted by Gasteiger charge is -2.24. The Morgan fingerprint density at radius 2 is 2.09 bits per heavy atom. The summed E-state index contributed by atoms with van der Waals surface area (Å²) < 4.78 is 0. The number of anilines is 1. The van der Waals surface area contributed by atoms with Crippen molar-refractivity contribution < 1.29 is 4.79 Å². The monoisotopic (exact) mass is 312 g/mol. The molecule has 0 bridgehead atoms. The molecule has 1 amide bonds. The summed E-state index contributed by atoms with van der Waals surface area (Å²) in [6.45, 7) is 4.41. The Bertz CT molecular complexity index is 715. The van der Waals surface area contributed by atoms with Crippen LogP contribution >= 0.6 is 0 Å². The van der Waals surface area contributed by atoms with Gasteiger partial charge in [0.25, 0.3) is 5.91 Å². The molecule has 0 spiro atoms. The van der Waals surface area contributed by atoms with Crippen LogP contribution in [0.5, 0.6) is 0 Å². The second-order valence-electron chi connectivity index (χ2n) is 5.67. The molecule has 1 atom stereocenters. The van der Waals surface area contributed by atoms with Crippen molar-refractivity contribution in [1.29, 1.82) is 0 Å². The van der Waals surface area contributed by atoms with Crippen LogP contribution in [-0.2, 0) is 0 Å². The number of aromatic nitrogens is 4. The molecule has 3 rings (SSSR count). The van der Waals surface area contributed by atoms with Crippen LogP contribution in [0.1, 0.15) is 46.6 Å². The third-order valence-corrected chi connectivity index (χ3v) is 3.97. The number of rotatable bonds is 3. The van der Waals surface area contributed by atoms with Gasteiger partial charge in [-0.05, 0) is 26.7 Å². The van der Waals surface area contributed by atoms with E-state index in [1.54, 1.807) is 6.20 Å². The first-order valence-corrected chi connectivity index (χ1v) is 7.71. The minimum absolute atomic E-state index is 0.0422. The van der Waals surface area contributed by atoms with E-state index in [0.717, 1.165) is 30.0 Å². The predicted octanol–water partition coefficient (Wildman–Crippen LogP) is 1.90. The molecule has 1 saturated heterocycles. The first-order valence-electron chi connectivity index (χ1n) is 7.71. The normalized spacial score (nSPS) is 17.3. The summed E-state index contributed by atoms with van der Waals surface area (Å²) in [5, 5.41) is 3.04. The van der Waals surface area contributed by atoms with E-state index in [1.807, 2.05) is 31.9 Å². The summed E-state index contributed by atoms with van der Waals surface area (Å²) in [5.74, 6) is 1.37. The molecule has 7 nitrogen and oxygen atoms in total. The fraction of sp³-hybridized carbons (Fsp3) is 0.438. The molecule has 2 aromatic heterocycles. The zero-order valence-corrected chi connectivity index (χ0v) is 13.6. The molecule has 3 heterocycles. The van der Waals surface area contributed by atoms with E-state index >= 15 is 0 Å². The van der Waals surface area contributed by atoms with Crippen LogP contribution in [0.15, 0.2) is 18.5 Å². The van der Waals surface area contributed by atoms with Crippen molar-refractivity contribution in [3.63, 3.8) is 0 Å². The molecule has 23 heavy (non-hydrogen) atoms. The van der Waals surface area contributed by atoms with Gasteiger partial charge in [0.05, 0.1) is 23.6 Å². The lowest BCUT2D eigenvalue weighted by atomic mass is 10.1. The number of carbonyl (C=O) groups is 1. The smallest absolute Gasteiger partial charge is 0.274 e. The van der Waals surface area contributed by atoms with Crippen LogP contribution in [0, 0.1) is 13.8 Å². The molecule has 7 heteroatoms. The number of nitrogens with one attached hydrogen (secondary N) is 1. The van der Waals surface area contributed by atoms with E-state index in [0.29, 0.717) is 18.1 Å². The van der Waals surface area contributed by atoms with Gasteiger partial charge in [0.1, 0.15) is 17.3 Å². The maximum atomic E-state index is 12.7. The predicted molar refractivity (Wildman–Crippen MR) is 86.1 cm³/mol. The molecule has 0 saturated carbocycles. The third kappa shape index (κ3) is 3.13. The molecule has 0 unspecified atom stereocenters. The van der Waals surface area contributed by atoms with E-state index in [1.165, 1.54) is 6.20 Å². The fourth-order valence-electron chi connectivity index (χ4n) is 2.86. The molecule has 1 aliphatic heterocycles. The van der Waals surface area contributed by atoms with Crippen LogP contribution in [-0.4, -0.2) is 44.3 Å². The van der Waals surface area contributed by atoms with Crippen molar-refractivity contribution in [2.45, 2.75) is 32.7 Å². The van der Waals surface area contributed by atoms with E-state index in [2.05, 4.69) is 25.3 Å². The molecule has 1 aliphatic rings. The molecule has 2 aromatic rings. The first-order chi connectivity index (χ1) is 11.1. The fourth-order valence-corrected chi connectivity index (χ4v) is 2.86. The Balaban J connectivity index is 1.89. The third-order valence-electron chi connectivity index (χ3n) is 3.97. The number of aryl methyl sites for hydroxylation is 2. The van der Waals surface area contributed by atoms with Gasteiger partial charge in [-0.3, -0.25) is 9.78 Å². The zero-order chi connectivity index (χ0) is 16.4. The molecular weight excluding hydrogens is 292 g/mol. The summed E-state index contributed by atoms with van der Waals surface area (Å²) >= 11 is 0. The molecule has 0 aromatic carbocycles. The maximum absolute atomic E-state index is 12.7. The second-order valence-corrected chi connectivity index (χ2v) is 5.67. The molecule has 1 N–H and O–H groups in total. The van der Waals surface area contributed by atoms with Gasteiger partial charge >= 0.3 is 0 Å². The highest BCUT2D eigenvalue weighted by atomic mass is 16.2. The Hall–Kier alpha value is -2.57. The number of likely N-dealkylation sites (tertiary alicyclic amines) is 1. The molecular formula is C16H20N6O. The highest BCUT2D eigenvalue weighted by Gasteiger charge is 2.32. The van der Waals surface area contributed by atoms with Crippen molar-refractivity contribution in [1.82, 2.24) is 24.8 Å². The van der Waals surface area contributed by atoms with Crippen LogP contribution < -0.4 is 5.32 Å². The van der Waals surface area contributed by atoms with E-state index < -0.39 is 0 Å². The average Bonchev–Trinajstić information content (AvgIpc) is 3.04.